The van der Waals surface area contributed by atoms with E-state index in [4.69, 9.17) is 11.6 Å². The van der Waals surface area contributed by atoms with Gasteiger partial charge >= 0.3 is 0 Å². The number of aromatic nitrogens is 2. The van der Waals surface area contributed by atoms with Gasteiger partial charge in [0.1, 0.15) is 0 Å². The minimum absolute atomic E-state index is 0.666. The SMILES string of the molecule is ClCCCc1ccn(C2CCCC2)n1. The number of hydrogen-bond donors (Lipinski definition) is 0. The Kier molecular flexibility index (Phi) is 3.46. The minimum atomic E-state index is 0.666. The van der Waals surface area contributed by atoms with Gasteiger partial charge in [0.05, 0.1) is 11.7 Å². The summed E-state index contributed by atoms with van der Waals surface area (Å²) >= 11 is 5.65. The summed E-state index contributed by atoms with van der Waals surface area (Å²) in [6.45, 7) is 0. The average molecular weight is 213 g/mol. The van der Waals surface area contributed by atoms with Gasteiger partial charge in [-0.1, -0.05) is 12.8 Å². The summed E-state index contributed by atoms with van der Waals surface area (Å²) in [4.78, 5) is 0. The van der Waals surface area contributed by atoms with Crippen molar-refractivity contribution in [2.24, 2.45) is 0 Å². The van der Waals surface area contributed by atoms with Crippen LogP contribution in [0.25, 0.3) is 0 Å². The van der Waals surface area contributed by atoms with Crippen LogP contribution in [0.15, 0.2) is 12.3 Å². The van der Waals surface area contributed by atoms with Crippen LogP contribution in [0.3, 0.4) is 0 Å². The van der Waals surface area contributed by atoms with Gasteiger partial charge in [0.2, 0.25) is 0 Å². The molecule has 0 amide bonds. The number of hydrogen-bond acceptors (Lipinski definition) is 1. The molecule has 0 radical (unpaired) electrons. The zero-order valence-corrected chi connectivity index (χ0v) is 9.21. The lowest BCUT2D eigenvalue weighted by Crippen LogP contribution is -2.05. The molecule has 0 N–H and O–H groups in total. The Bertz CT molecular complexity index is 277. The van der Waals surface area contributed by atoms with Gasteiger partial charge in [-0.2, -0.15) is 5.10 Å². The number of rotatable bonds is 4. The van der Waals surface area contributed by atoms with Gasteiger partial charge in [0, 0.05) is 12.1 Å². The molecule has 0 aromatic carbocycles. The number of nitrogens with zero attached hydrogens (tertiary/aromatic N) is 2. The molecule has 1 fully saturated rings. The lowest BCUT2D eigenvalue weighted by molar-refractivity contribution is 0.462. The van der Waals surface area contributed by atoms with E-state index in [2.05, 4.69) is 22.0 Å². The number of alkyl halides is 1. The molecule has 1 aliphatic rings. The second kappa shape index (κ2) is 4.83. The van der Waals surface area contributed by atoms with E-state index in [9.17, 15) is 0 Å². The van der Waals surface area contributed by atoms with Crippen LogP contribution in [0.5, 0.6) is 0 Å². The average Bonchev–Trinajstić information content (AvgIpc) is 2.85. The van der Waals surface area contributed by atoms with Gasteiger partial charge < -0.3 is 0 Å². The van der Waals surface area contributed by atoms with E-state index in [1.54, 1.807) is 0 Å². The maximum absolute atomic E-state index is 5.65. The molecule has 3 heteroatoms. The lowest BCUT2D eigenvalue weighted by atomic mass is 10.2. The zero-order valence-electron chi connectivity index (χ0n) is 8.45. The third-order valence-corrected chi connectivity index (χ3v) is 3.20. The Morgan fingerprint density at radius 2 is 2.21 bits per heavy atom. The van der Waals surface area contributed by atoms with Gasteiger partial charge in [-0.3, -0.25) is 4.68 Å². The minimum Gasteiger partial charge on any atom is -0.269 e. The molecule has 1 aromatic heterocycles. The van der Waals surface area contributed by atoms with Crippen molar-refractivity contribution < 1.29 is 0 Å². The highest BCUT2D eigenvalue weighted by molar-refractivity contribution is 6.17. The molecule has 1 aliphatic carbocycles. The van der Waals surface area contributed by atoms with E-state index in [-0.39, 0.29) is 0 Å². The molecular formula is C11H17ClN2. The van der Waals surface area contributed by atoms with Crippen molar-refractivity contribution in [2.75, 3.05) is 5.88 Å². The van der Waals surface area contributed by atoms with Crippen LogP contribution in [0, 0.1) is 0 Å². The molecule has 78 valence electrons. The molecule has 0 atom stereocenters. The molecular weight excluding hydrogens is 196 g/mol. The summed E-state index contributed by atoms with van der Waals surface area (Å²) in [7, 11) is 0. The van der Waals surface area contributed by atoms with E-state index in [1.165, 1.54) is 31.4 Å². The molecule has 0 aliphatic heterocycles. The van der Waals surface area contributed by atoms with Gasteiger partial charge in [-0.15, -0.1) is 11.6 Å². The smallest absolute Gasteiger partial charge is 0.0625 e. The largest absolute Gasteiger partial charge is 0.269 e. The molecule has 1 saturated carbocycles. The first-order valence-corrected chi connectivity index (χ1v) is 6.03. The van der Waals surface area contributed by atoms with Gasteiger partial charge in [0.25, 0.3) is 0 Å². The summed E-state index contributed by atoms with van der Waals surface area (Å²) in [5, 5.41) is 4.59. The van der Waals surface area contributed by atoms with Crippen molar-refractivity contribution in [2.45, 2.75) is 44.6 Å². The van der Waals surface area contributed by atoms with E-state index in [1.807, 2.05) is 0 Å². The molecule has 1 heterocycles. The third kappa shape index (κ3) is 2.30. The highest BCUT2D eigenvalue weighted by Crippen LogP contribution is 2.28. The second-order valence-electron chi connectivity index (χ2n) is 4.02. The molecule has 0 unspecified atom stereocenters. The molecule has 0 bridgehead atoms. The Hall–Kier alpha value is -0.500. The summed E-state index contributed by atoms with van der Waals surface area (Å²) in [5.41, 5.74) is 1.19. The van der Waals surface area contributed by atoms with Crippen molar-refractivity contribution in [3.8, 4) is 0 Å². The van der Waals surface area contributed by atoms with Crippen LogP contribution in [0.4, 0.5) is 0 Å². The van der Waals surface area contributed by atoms with Crippen LogP contribution in [0.1, 0.15) is 43.8 Å². The number of halogens is 1. The highest BCUT2D eigenvalue weighted by atomic mass is 35.5. The van der Waals surface area contributed by atoms with Crippen molar-refractivity contribution in [3.05, 3.63) is 18.0 Å². The van der Waals surface area contributed by atoms with E-state index >= 15 is 0 Å². The van der Waals surface area contributed by atoms with Gasteiger partial charge in [-0.25, -0.2) is 0 Å². The Balaban J connectivity index is 1.94. The predicted octanol–water partition coefficient (Wildman–Crippen LogP) is 3.17. The molecule has 2 nitrogen and oxygen atoms in total. The first kappa shape index (κ1) is 10.0. The van der Waals surface area contributed by atoms with Gasteiger partial charge in [-0.05, 0) is 31.7 Å². The van der Waals surface area contributed by atoms with Crippen molar-refractivity contribution >= 4 is 11.6 Å². The summed E-state index contributed by atoms with van der Waals surface area (Å²) in [6.07, 6.45) is 9.50. The Morgan fingerprint density at radius 3 is 2.93 bits per heavy atom. The van der Waals surface area contributed by atoms with Gasteiger partial charge in [0.15, 0.2) is 0 Å². The van der Waals surface area contributed by atoms with Crippen molar-refractivity contribution in [1.29, 1.82) is 0 Å². The van der Waals surface area contributed by atoms with E-state index < -0.39 is 0 Å². The molecule has 14 heavy (non-hydrogen) atoms. The summed E-state index contributed by atoms with van der Waals surface area (Å²) in [5.74, 6) is 0.732. The van der Waals surface area contributed by atoms with Crippen LogP contribution in [0.2, 0.25) is 0 Å². The Morgan fingerprint density at radius 1 is 1.43 bits per heavy atom. The normalized spacial score (nSPS) is 17.8. The monoisotopic (exact) mass is 212 g/mol. The fraction of sp³-hybridized carbons (Fsp3) is 0.727. The first-order chi connectivity index (χ1) is 6.90. The zero-order chi connectivity index (χ0) is 9.80. The van der Waals surface area contributed by atoms with E-state index in [0.29, 0.717) is 6.04 Å². The maximum Gasteiger partial charge on any atom is 0.0625 e. The lowest BCUT2D eigenvalue weighted by Gasteiger charge is -2.08. The summed E-state index contributed by atoms with van der Waals surface area (Å²) in [6, 6.07) is 2.80. The van der Waals surface area contributed by atoms with Crippen LogP contribution >= 0.6 is 11.6 Å². The highest BCUT2D eigenvalue weighted by Gasteiger charge is 2.17. The van der Waals surface area contributed by atoms with Crippen LogP contribution in [-0.2, 0) is 6.42 Å². The standard InChI is InChI=1S/C11H17ClN2/c12-8-3-4-10-7-9-14(13-10)11-5-1-2-6-11/h7,9,11H,1-6,8H2. The summed E-state index contributed by atoms with van der Waals surface area (Å²) < 4.78 is 2.15. The van der Waals surface area contributed by atoms with Crippen LogP contribution in [-0.4, -0.2) is 15.7 Å². The maximum atomic E-state index is 5.65. The molecule has 2 rings (SSSR count). The second-order valence-corrected chi connectivity index (χ2v) is 4.40. The first-order valence-electron chi connectivity index (χ1n) is 5.50. The molecule has 1 aromatic rings. The third-order valence-electron chi connectivity index (χ3n) is 2.93. The topological polar surface area (TPSA) is 17.8 Å². The van der Waals surface area contributed by atoms with E-state index in [0.717, 1.165) is 18.7 Å². The van der Waals surface area contributed by atoms with Crippen molar-refractivity contribution in [1.82, 2.24) is 9.78 Å². The molecule has 0 spiro atoms. The predicted molar refractivity (Wildman–Crippen MR) is 58.8 cm³/mol. The number of aryl methyl sites for hydroxylation is 1. The van der Waals surface area contributed by atoms with Crippen molar-refractivity contribution in [3.63, 3.8) is 0 Å². The Labute approximate surface area is 90.3 Å². The quantitative estimate of drug-likeness (QED) is 0.702. The fourth-order valence-electron chi connectivity index (χ4n) is 2.13. The molecule has 0 saturated heterocycles. The van der Waals surface area contributed by atoms with Crippen LogP contribution < -0.4 is 0 Å². The fourth-order valence-corrected chi connectivity index (χ4v) is 2.26.